The number of aromatic nitrogens is 3. The number of hydrogen-bond donors (Lipinski definition) is 1. The molecule has 0 aromatic carbocycles. The number of amides is 1. The van der Waals surface area contributed by atoms with Gasteiger partial charge in [0.2, 0.25) is 0 Å². The minimum absolute atomic E-state index is 0.0725. The first-order valence-corrected chi connectivity index (χ1v) is 10.6. The second kappa shape index (κ2) is 9.80. The smallest absolute Gasteiger partial charge is 0.346 e. The molecule has 3 heterocycles. The van der Waals surface area contributed by atoms with Crippen LogP contribution in [0.25, 0.3) is 5.82 Å². The maximum absolute atomic E-state index is 13.3. The fourth-order valence-corrected chi connectivity index (χ4v) is 3.97. The van der Waals surface area contributed by atoms with Crippen LogP contribution in [-0.2, 0) is 4.74 Å². The molecule has 1 N–H and O–H groups in total. The molecular formula is C22H30N5O2+. The molecule has 29 heavy (non-hydrogen) atoms. The van der Waals surface area contributed by atoms with Gasteiger partial charge in [-0.15, -0.1) is 4.68 Å². The monoisotopic (exact) mass is 396 g/mol. The summed E-state index contributed by atoms with van der Waals surface area (Å²) in [4.78, 5) is 22.2. The van der Waals surface area contributed by atoms with Crippen LogP contribution in [0.1, 0.15) is 29.6 Å². The topological polar surface area (TPSA) is 65.3 Å². The Hall–Kier alpha value is -2.51. The maximum Gasteiger partial charge on any atom is 0.346 e. The zero-order valence-electron chi connectivity index (χ0n) is 16.9. The van der Waals surface area contributed by atoms with E-state index in [0.29, 0.717) is 11.5 Å². The van der Waals surface area contributed by atoms with Crippen molar-refractivity contribution in [2.75, 3.05) is 45.9 Å². The molecule has 154 valence electrons. The van der Waals surface area contributed by atoms with Crippen molar-refractivity contribution in [3.8, 4) is 5.82 Å². The highest BCUT2D eigenvalue weighted by Gasteiger charge is 2.23. The summed E-state index contributed by atoms with van der Waals surface area (Å²) >= 11 is 0. The third kappa shape index (κ3) is 5.31. The molecule has 2 aromatic rings. The lowest BCUT2D eigenvalue weighted by Crippen LogP contribution is -2.44. The number of nitrogens with one attached hydrogen (secondary N) is 1. The average Bonchev–Trinajstić information content (AvgIpc) is 3.33. The second-order valence-corrected chi connectivity index (χ2v) is 7.77. The highest BCUT2D eigenvalue weighted by molar-refractivity contribution is 5.94. The van der Waals surface area contributed by atoms with E-state index in [1.54, 1.807) is 6.20 Å². The number of ether oxygens (including phenoxy) is 1. The van der Waals surface area contributed by atoms with Crippen LogP contribution in [0.4, 0.5) is 0 Å². The molecule has 1 aliphatic heterocycles. The van der Waals surface area contributed by atoms with Crippen molar-refractivity contribution in [3.05, 3.63) is 54.5 Å². The first-order valence-electron chi connectivity index (χ1n) is 10.6. The van der Waals surface area contributed by atoms with E-state index < -0.39 is 0 Å². The summed E-state index contributed by atoms with van der Waals surface area (Å²) in [6.07, 6.45) is 13.2. The number of allylic oxidation sites excluding steroid dienone is 2. The molecule has 1 fully saturated rings. The number of morpholine rings is 1. The Labute approximate surface area is 172 Å². The molecule has 0 unspecified atom stereocenters. The van der Waals surface area contributed by atoms with Crippen LogP contribution in [0.2, 0.25) is 0 Å². The highest BCUT2D eigenvalue weighted by Crippen LogP contribution is 2.20. The van der Waals surface area contributed by atoms with Gasteiger partial charge in [0, 0.05) is 45.0 Å². The standard InChI is InChI=1S/C22H29N5O2/c28-22(20-7-8-21(23-17-20)27-10-4-9-24-27)26(18-19-5-2-1-3-6-19)12-11-25-13-15-29-16-14-25/h1-2,4,7-10,17,19H,3,5-6,11-16,18H2/p+1/t19-/m0/s1. The molecule has 0 spiro atoms. The number of aromatic amines is 1. The van der Waals surface area contributed by atoms with Crippen molar-refractivity contribution in [1.82, 2.24) is 19.9 Å². The maximum atomic E-state index is 13.3. The molecule has 7 heteroatoms. The van der Waals surface area contributed by atoms with Gasteiger partial charge in [0.05, 0.1) is 18.8 Å². The fraction of sp³-hybridized carbons (Fsp3) is 0.500. The van der Waals surface area contributed by atoms with Crippen LogP contribution in [0.3, 0.4) is 0 Å². The summed E-state index contributed by atoms with van der Waals surface area (Å²) in [6.45, 7) is 5.89. The van der Waals surface area contributed by atoms with Gasteiger partial charge in [-0.1, -0.05) is 12.2 Å². The van der Waals surface area contributed by atoms with E-state index in [4.69, 9.17) is 4.74 Å². The number of rotatable bonds is 7. The molecule has 0 bridgehead atoms. The minimum atomic E-state index is 0.0725. The first kappa shape index (κ1) is 19.8. The van der Waals surface area contributed by atoms with Gasteiger partial charge in [-0.25, -0.2) is 5.10 Å². The van der Waals surface area contributed by atoms with Crippen LogP contribution in [0, 0.1) is 5.92 Å². The Kier molecular flexibility index (Phi) is 6.69. The summed E-state index contributed by atoms with van der Waals surface area (Å²) < 4.78 is 7.26. The third-order valence-electron chi connectivity index (χ3n) is 5.72. The summed E-state index contributed by atoms with van der Waals surface area (Å²) in [5.41, 5.74) is 0.647. The Morgan fingerprint density at radius 1 is 1.31 bits per heavy atom. The van der Waals surface area contributed by atoms with Crippen LogP contribution in [0.5, 0.6) is 0 Å². The Morgan fingerprint density at radius 2 is 2.21 bits per heavy atom. The van der Waals surface area contributed by atoms with Crippen molar-refractivity contribution >= 4 is 5.91 Å². The normalized spacial score (nSPS) is 19.9. The van der Waals surface area contributed by atoms with E-state index in [9.17, 15) is 4.79 Å². The van der Waals surface area contributed by atoms with Crippen LogP contribution in [0.15, 0.2) is 48.9 Å². The number of carbonyl (C=O) groups is 1. The molecule has 1 saturated heterocycles. The molecule has 1 atom stereocenters. The van der Waals surface area contributed by atoms with Crippen molar-refractivity contribution in [3.63, 3.8) is 0 Å². The summed E-state index contributed by atoms with van der Waals surface area (Å²) in [6, 6.07) is 5.67. The van der Waals surface area contributed by atoms with Crippen LogP contribution in [-0.4, -0.2) is 71.7 Å². The van der Waals surface area contributed by atoms with E-state index in [-0.39, 0.29) is 5.91 Å². The van der Waals surface area contributed by atoms with Gasteiger partial charge in [0.25, 0.3) is 5.91 Å². The largest absolute Gasteiger partial charge is 0.379 e. The molecule has 2 aliphatic rings. The minimum Gasteiger partial charge on any atom is -0.379 e. The lowest BCUT2D eigenvalue weighted by Gasteiger charge is -2.32. The predicted octanol–water partition coefficient (Wildman–Crippen LogP) is 1.82. The van der Waals surface area contributed by atoms with Gasteiger partial charge in [-0.05, 0) is 42.3 Å². The first-order chi connectivity index (χ1) is 14.3. The SMILES string of the molecule is O=C(c1ccc(-[n+]2ccc[nH]2)nc1)N(CCN1CCOCC1)C[C@H]1CC=CCC1. The molecule has 0 radical (unpaired) electrons. The van der Waals surface area contributed by atoms with Crippen LogP contribution < -0.4 is 4.68 Å². The lowest BCUT2D eigenvalue weighted by molar-refractivity contribution is -0.658. The van der Waals surface area contributed by atoms with Gasteiger partial charge >= 0.3 is 5.82 Å². The predicted molar refractivity (Wildman–Crippen MR) is 110 cm³/mol. The molecular weight excluding hydrogens is 366 g/mol. The van der Waals surface area contributed by atoms with Crippen molar-refractivity contribution in [1.29, 1.82) is 0 Å². The number of carbonyl (C=O) groups excluding carboxylic acids is 1. The lowest BCUT2D eigenvalue weighted by atomic mass is 9.93. The van der Waals surface area contributed by atoms with Crippen molar-refractivity contribution in [2.45, 2.75) is 19.3 Å². The Morgan fingerprint density at radius 3 is 2.90 bits per heavy atom. The molecule has 0 saturated carbocycles. The number of nitrogens with zero attached hydrogens (tertiary/aromatic N) is 4. The van der Waals surface area contributed by atoms with E-state index in [1.165, 1.54) is 0 Å². The number of pyridine rings is 1. The van der Waals surface area contributed by atoms with Crippen LogP contribution >= 0.6 is 0 Å². The zero-order valence-corrected chi connectivity index (χ0v) is 16.9. The summed E-state index contributed by atoms with van der Waals surface area (Å²) in [5.74, 6) is 1.38. The summed E-state index contributed by atoms with van der Waals surface area (Å²) in [7, 11) is 0. The van der Waals surface area contributed by atoms with Crippen molar-refractivity contribution < 1.29 is 14.2 Å². The number of H-pyrrole nitrogens is 1. The Balaban J connectivity index is 1.44. The molecule has 2 aromatic heterocycles. The van der Waals surface area contributed by atoms with E-state index in [2.05, 4.69) is 27.1 Å². The molecule has 1 aliphatic carbocycles. The molecule has 1 amide bonds. The van der Waals surface area contributed by atoms with Gasteiger partial charge in [0.1, 0.15) is 6.20 Å². The summed E-state index contributed by atoms with van der Waals surface area (Å²) in [5, 5.41) is 3.07. The Bertz CT molecular complexity index is 797. The molecule has 4 rings (SSSR count). The molecule has 7 nitrogen and oxygen atoms in total. The van der Waals surface area contributed by atoms with Gasteiger partial charge in [0.15, 0.2) is 6.20 Å². The van der Waals surface area contributed by atoms with E-state index in [0.717, 1.165) is 71.0 Å². The van der Waals surface area contributed by atoms with Crippen molar-refractivity contribution in [2.24, 2.45) is 5.92 Å². The van der Waals surface area contributed by atoms with E-state index in [1.807, 2.05) is 40.2 Å². The fourth-order valence-electron chi connectivity index (χ4n) is 3.97. The van der Waals surface area contributed by atoms with Gasteiger partial charge in [-0.2, -0.15) is 0 Å². The zero-order chi connectivity index (χ0) is 19.9. The average molecular weight is 397 g/mol. The van der Waals surface area contributed by atoms with E-state index >= 15 is 0 Å². The van der Waals surface area contributed by atoms with Gasteiger partial charge in [-0.3, -0.25) is 9.69 Å². The van der Waals surface area contributed by atoms with Gasteiger partial charge < -0.3 is 9.64 Å². The second-order valence-electron chi connectivity index (χ2n) is 7.77. The third-order valence-corrected chi connectivity index (χ3v) is 5.72. The quantitative estimate of drug-likeness (QED) is 0.573. The number of hydrogen-bond acceptors (Lipinski definition) is 4. The highest BCUT2D eigenvalue weighted by atomic mass is 16.5.